The molecule has 20 heavy (non-hydrogen) atoms. The van der Waals surface area contributed by atoms with Crippen molar-refractivity contribution in [1.29, 1.82) is 0 Å². The Morgan fingerprint density at radius 1 is 1.30 bits per heavy atom. The number of carbonyl (C=O) groups excluding carboxylic acids is 1. The first-order valence-electron chi connectivity index (χ1n) is 7.19. The first-order valence-corrected chi connectivity index (χ1v) is 7.19. The lowest BCUT2D eigenvalue weighted by atomic mass is 10.1. The molecule has 2 N–H and O–H groups in total. The van der Waals surface area contributed by atoms with Gasteiger partial charge in [0.15, 0.2) is 0 Å². The second-order valence-electron chi connectivity index (χ2n) is 5.07. The second kappa shape index (κ2) is 7.97. The number of rotatable bonds is 5. The third-order valence-electron chi connectivity index (χ3n) is 3.47. The van der Waals surface area contributed by atoms with Crippen LogP contribution in [-0.4, -0.2) is 50.1 Å². The van der Waals surface area contributed by atoms with E-state index in [0.29, 0.717) is 25.1 Å². The van der Waals surface area contributed by atoms with Crippen LogP contribution in [0.25, 0.3) is 0 Å². The van der Waals surface area contributed by atoms with Crippen molar-refractivity contribution in [2.24, 2.45) is 0 Å². The SMILES string of the molecule is O=C(CN1CCCNCC1)NCCc1ccccc1F. The molecule has 0 spiro atoms. The van der Waals surface area contributed by atoms with E-state index in [-0.39, 0.29) is 11.7 Å². The Bertz CT molecular complexity index is 431. The quantitative estimate of drug-likeness (QED) is 0.837. The molecule has 110 valence electrons. The highest BCUT2D eigenvalue weighted by molar-refractivity contribution is 5.78. The van der Waals surface area contributed by atoms with Crippen LogP contribution in [0, 0.1) is 5.82 Å². The number of nitrogens with one attached hydrogen (secondary N) is 2. The van der Waals surface area contributed by atoms with Gasteiger partial charge in [0.2, 0.25) is 5.91 Å². The summed E-state index contributed by atoms with van der Waals surface area (Å²) >= 11 is 0. The molecule has 0 aliphatic carbocycles. The van der Waals surface area contributed by atoms with Crippen molar-refractivity contribution in [3.63, 3.8) is 0 Å². The average molecular weight is 279 g/mol. The van der Waals surface area contributed by atoms with Crippen molar-refractivity contribution in [2.75, 3.05) is 39.3 Å². The molecule has 1 aromatic rings. The molecule has 0 bridgehead atoms. The van der Waals surface area contributed by atoms with Gasteiger partial charge in [-0.05, 0) is 37.6 Å². The van der Waals surface area contributed by atoms with E-state index in [1.165, 1.54) is 6.07 Å². The van der Waals surface area contributed by atoms with Gasteiger partial charge in [0, 0.05) is 19.6 Å². The van der Waals surface area contributed by atoms with Crippen LogP contribution < -0.4 is 10.6 Å². The van der Waals surface area contributed by atoms with Crippen molar-refractivity contribution in [3.05, 3.63) is 35.6 Å². The number of halogens is 1. The molecule has 0 atom stereocenters. The minimum atomic E-state index is -0.208. The lowest BCUT2D eigenvalue weighted by Crippen LogP contribution is -2.39. The van der Waals surface area contributed by atoms with Gasteiger partial charge in [-0.15, -0.1) is 0 Å². The largest absolute Gasteiger partial charge is 0.355 e. The molecule has 1 amide bonds. The van der Waals surface area contributed by atoms with Crippen LogP contribution in [0.3, 0.4) is 0 Å². The van der Waals surface area contributed by atoms with Crippen molar-refractivity contribution >= 4 is 5.91 Å². The summed E-state index contributed by atoms with van der Waals surface area (Å²) in [6.07, 6.45) is 1.60. The zero-order chi connectivity index (χ0) is 14.2. The molecule has 4 nitrogen and oxygen atoms in total. The highest BCUT2D eigenvalue weighted by Gasteiger charge is 2.12. The number of hydrogen-bond acceptors (Lipinski definition) is 3. The molecule has 1 fully saturated rings. The van der Waals surface area contributed by atoms with E-state index in [2.05, 4.69) is 15.5 Å². The summed E-state index contributed by atoms with van der Waals surface area (Å²) < 4.78 is 13.4. The maximum Gasteiger partial charge on any atom is 0.234 e. The van der Waals surface area contributed by atoms with E-state index in [4.69, 9.17) is 0 Å². The normalized spacial score (nSPS) is 16.6. The van der Waals surface area contributed by atoms with Gasteiger partial charge in [0.05, 0.1) is 6.54 Å². The standard InChI is InChI=1S/C15H22FN3O/c16-14-5-2-1-4-13(14)6-8-18-15(20)12-19-10-3-7-17-9-11-19/h1-2,4-5,17H,3,6-12H2,(H,18,20). The number of carbonyl (C=O) groups is 1. The van der Waals surface area contributed by atoms with Crippen LogP contribution in [0.5, 0.6) is 0 Å². The van der Waals surface area contributed by atoms with Crippen LogP contribution in [0.2, 0.25) is 0 Å². The molecule has 1 saturated heterocycles. The van der Waals surface area contributed by atoms with E-state index in [0.717, 1.165) is 32.6 Å². The van der Waals surface area contributed by atoms with Gasteiger partial charge in [0.25, 0.3) is 0 Å². The maximum absolute atomic E-state index is 13.4. The molecule has 0 radical (unpaired) electrons. The zero-order valence-electron chi connectivity index (χ0n) is 11.7. The first kappa shape index (κ1) is 14.9. The third kappa shape index (κ3) is 4.90. The summed E-state index contributed by atoms with van der Waals surface area (Å²) in [6.45, 7) is 4.72. The molecule has 1 aliphatic rings. The molecule has 0 saturated carbocycles. The predicted molar refractivity (Wildman–Crippen MR) is 77.0 cm³/mol. The van der Waals surface area contributed by atoms with Crippen LogP contribution in [0.1, 0.15) is 12.0 Å². The summed E-state index contributed by atoms with van der Waals surface area (Å²) in [6, 6.07) is 6.68. The lowest BCUT2D eigenvalue weighted by molar-refractivity contribution is -0.122. The topological polar surface area (TPSA) is 44.4 Å². The van der Waals surface area contributed by atoms with Crippen LogP contribution in [0.4, 0.5) is 4.39 Å². The van der Waals surface area contributed by atoms with Gasteiger partial charge < -0.3 is 10.6 Å². The Kier molecular flexibility index (Phi) is 5.95. The van der Waals surface area contributed by atoms with E-state index >= 15 is 0 Å². The molecular weight excluding hydrogens is 257 g/mol. The fraction of sp³-hybridized carbons (Fsp3) is 0.533. The van der Waals surface area contributed by atoms with E-state index in [1.807, 2.05) is 6.07 Å². The van der Waals surface area contributed by atoms with Gasteiger partial charge in [0.1, 0.15) is 5.82 Å². The Labute approximate surface area is 119 Å². The van der Waals surface area contributed by atoms with Gasteiger partial charge in [-0.1, -0.05) is 18.2 Å². The fourth-order valence-corrected chi connectivity index (χ4v) is 2.36. The van der Waals surface area contributed by atoms with E-state index in [1.54, 1.807) is 12.1 Å². The maximum atomic E-state index is 13.4. The predicted octanol–water partition coefficient (Wildman–Crippen LogP) is 0.780. The Balaban J connectivity index is 1.68. The summed E-state index contributed by atoms with van der Waals surface area (Å²) in [4.78, 5) is 14.0. The second-order valence-corrected chi connectivity index (χ2v) is 5.07. The molecule has 1 aliphatic heterocycles. The fourth-order valence-electron chi connectivity index (χ4n) is 2.36. The van der Waals surface area contributed by atoms with Crippen LogP contribution in [0.15, 0.2) is 24.3 Å². The molecule has 0 unspecified atom stereocenters. The summed E-state index contributed by atoms with van der Waals surface area (Å²) in [5.41, 5.74) is 0.645. The van der Waals surface area contributed by atoms with Crippen LogP contribution in [-0.2, 0) is 11.2 Å². The Morgan fingerprint density at radius 3 is 3.00 bits per heavy atom. The van der Waals surface area contributed by atoms with Crippen molar-refractivity contribution in [2.45, 2.75) is 12.8 Å². The Morgan fingerprint density at radius 2 is 2.15 bits per heavy atom. The van der Waals surface area contributed by atoms with Crippen molar-refractivity contribution in [1.82, 2.24) is 15.5 Å². The monoisotopic (exact) mass is 279 g/mol. The van der Waals surface area contributed by atoms with Gasteiger partial charge in [-0.3, -0.25) is 9.69 Å². The Hall–Kier alpha value is -1.46. The molecule has 5 heteroatoms. The number of amides is 1. The average Bonchev–Trinajstić information content (AvgIpc) is 2.69. The first-order chi connectivity index (χ1) is 9.75. The smallest absolute Gasteiger partial charge is 0.234 e. The van der Waals surface area contributed by atoms with Crippen molar-refractivity contribution in [3.8, 4) is 0 Å². The van der Waals surface area contributed by atoms with Crippen LogP contribution >= 0.6 is 0 Å². The number of nitrogens with zero attached hydrogens (tertiary/aromatic N) is 1. The van der Waals surface area contributed by atoms with E-state index < -0.39 is 0 Å². The minimum absolute atomic E-state index is 0.0169. The number of hydrogen-bond donors (Lipinski definition) is 2. The molecule has 2 rings (SSSR count). The molecular formula is C15H22FN3O. The summed E-state index contributed by atoms with van der Waals surface area (Å²) in [5.74, 6) is -0.191. The van der Waals surface area contributed by atoms with Gasteiger partial charge in [-0.25, -0.2) is 4.39 Å². The van der Waals surface area contributed by atoms with Gasteiger partial charge >= 0.3 is 0 Å². The summed E-state index contributed by atoms with van der Waals surface area (Å²) in [7, 11) is 0. The summed E-state index contributed by atoms with van der Waals surface area (Å²) in [5, 5.41) is 6.16. The zero-order valence-corrected chi connectivity index (χ0v) is 11.7. The lowest BCUT2D eigenvalue weighted by Gasteiger charge is -2.18. The highest BCUT2D eigenvalue weighted by Crippen LogP contribution is 2.06. The molecule has 1 heterocycles. The molecule has 1 aromatic carbocycles. The third-order valence-corrected chi connectivity index (χ3v) is 3.47. The highest BCUT2D eigenvalue weighted by atomic mass is 19.1. The minimum Gasteiger partial charge on any atom is -0.355 e. The molecule has 0 aromatic heterocycles. The number of benzene rings is 1. The van der Waals surface area contributed by atoms with E-state index in [9.17, 15) is 9.18 Å². The van der Waals surface area contributed by atoms with Gasteiger partial charge in [-0.2, -0.15) is 0 Å². The van der Waals surface area contributed by atoms with Crippen molar-refractivity contribution < 1.29 is 9.18 Å².